The number of fused-ring (bicyclic) bond motifs is 3. The van der Waals surface area contributed by atoms with E-state index >= 15 is 0 Å². The highest BCUT2D eigenvalue weighted by Gasteiger charge is 2.55. The normalized spacial score (nSPS) is 17.7. The first-order chi connectivity index (χ1) is 19.0. The summed E-state index contributed by atoms with van der Waals surface area (Å²) in [4.78, 5) is 29.6. The number of carbonyl (C=O) groups excluding carboxylic acids is 1. The summed E-state index contributed by atoms with van der Waals surface area (Å²) in [6.07, 6.45) is 3.28. The predicted molar refractivity (Wildman–Crippen MR) is 149 cm³/mol. The number of hydrogen-bond acceptors (Lipinski definition) is 6. The molecule has 3 aromatic carbocycles. The second-order valence-electron chi connectivity index (χ2n) is 9.57. The van der Waals surface area contributed by atoms with Gasteiger partial charge in [0.15, 0.2) is 17.2 Å². The summed E-state index contributed by atoms with van der Waals surface area (Å²) in [5.74, 6) is 2.72. The molecule has 1 fully saturated rings. The molecular weight excluding hydrogens is 492 g/mol. The van der Waals surface area contributed by atoms with Crippen LogP contribution in [-0.4, -0.2) is 46.9 Å². The van der Waals surface area contributed by atoms with Gasteiger partial charge in [0.2, 0.25) is 0 Å². The molecule has 1 aromatic heterocycles. The van der Waals surface area contributed by atoms with Crippen LogP contribution in [0.15, 0.2) is 89.1 Å². The van der Waals surface area contributed by atoms with Crippen molar-refractivity contribution in [3.8, 4) is 11.5 Å². The summed E-state index contributed by atoms with van der Waals surface area (Å²) < 4.78 is 12.6. The molecule has 9 nitrogen and oxygen atoms in total. The molecule has 2 aliphatic heterocycles. The summed E-state index contributed by atoms with van der Waals surface area (Å²) in [5, 5.41) is 3.25. The van der Waals surface area contributed by atoms with Crippen LogP contribution in [0, 0.1) is 6.92 Å². The Morgan fingerprint density at radius 3 is 2.08 bits per heavy atom. The lowest BCUT2D eigenvalue weighted by Crippen LogP contribution is -2.45. The number of aromatic nitrogens is 2. The maximum absolute atomic E-state index is 13.6. The lowest BCUT2D eigenvalue weighted by atomic mass is 9.85. The van der Waals surface area contributed by atoms with E-state index in [1.165, 1.54) is 6.34 Å². The maximum atomic E-state index is 13.6. The van der Waals surface area contributed by atoms with E-state index in [0.717, 1.165) is 33.8 Å². The summed E-state index contributed by atoms with van der Waals surface area (Å²) in [6.45, 7) is 2.91. The monoisotopic (exact) mass is 520 g/mol. The molecule has 0 radical (unpaired) electrons. The fraction of sp³-hybridized carbons (Fsp3) is 0.200. The zero-order valence-corrected chi connectivity index (χ0v) is 22.0. The molecule has 6 rings (SSSR count). The Kier molecular flexibility index (Phi) is 6.11. The van der Waals surface area contributed by atoms with Crippen molar-refractivity contribution in [2.75, 3.05) is 14.2 Å². The minimum Gasteiger partial charge on any atom is -0.497 e. The number of amides is 2. The van der Waals surface area contributed by atoms with E-state index in [2.05, 4.69) is 5.32 Å². The molecule has 2 amide bonds. The van der Waals surface area contributed by atoms with Crippen LogP contribution in [0.5, 0.6) is 11.5 Å². The first kappa shape index (κ1) is 24.4. The number of rotatable bonds is 7. The molecule has 1 saturated heterocycles. The van der Waals surface area contributed by atoms with E-state index in [1.54, 1.807) is 25.4 Å². The Bertz CT molecular complexity index is 1570. The second-order valence-corrected chi connectivity index (χ2v) is 9.57. The first-order valence-corrected chi connectivity index (χ1v) is 12.6. The number of aryl methyl sites for hydroxylation is 1. The third-order valence-electron chi connectivity index (χ3n) is 7.15. The van der Waals surface area contributed by atoms with Gasteiger partial charge < -0.3 is 19.4 Å². The topological polar surface area (TPSA) is 93.3 Å². The standard InChI is InChI=1S/C30H28N6O3/c1-20-4-10-23(11-5-20)30-26-27(35(19-33-26)16-21-6-12-24(38-2)13-7-21)31-18-32-28(30)36(29(37)34-30)17-22-8-14-25(39-3)15-9-22/h4-15,18-19H,16-17H2,1-3H3,(H,34,37). The van der Waals surface area contributed by atoms with Crippen molar-refractivity contribution in [2.45, 2.75) is 25.6 Å². The van der Waals surface area contributed by atoms with Crippen molar-refractivity contribution >= 4 is 24.0 Å². The lowest BCUT2D eigenvalue weighted by molar-refractivity contribution is 0.225. The van der Waals surface area contributed by atoms with E-state index in [1.807, 2.05) is 84.3 Å². The minimum atomic E-state index is -1.10. The van der Waals surface area contributed by atoms with Gasteiger partial charge in [0.25, 0.3) is 0 Å². The van der Waals surface area contributed by atoms with Gasteiger partial charge in [-0.3, -0.25) is 4.90 Å². The number of benzene rings is 3. The van der Waals surface area contributed by atoms with Crippen LogP contribution < -0.4 is 14.8 Å². The van der Waals surface area contributed by atoms with Crippen LogP contribution in [0.25, 0.3) is 0 Å². The quantitative estimate of drug-likeness (QED) is 0.379. The summed E-state index contributed by atoms with van der Waals surface area (Å²) in [5.41, 5.74) is 3.51. The van der Waals surface area contributed by atoms with Crippen LogP contribution in [0.2, 0.25) is 0 Å². The van der Waals surface area contributed by atoms with E-state index in [9.17, 15) is 4.79 Å². The minimum absolute atomic E-state index is 0.254. The molecular formula is C30H28N6O3. The van der Waals surface area contributed by atoms with Crippen molar-refractivity contribution in [3.05, 3.63) is 107 Å². The van der Waals surface area contributed by atoms with Crippen LogP contribution in [-0.2, 0) is 18.6 Å². The number of nitrogens with zero attached hydrogens (tertiary/aromatic N) is 5. The van der Waals surface area contributed by atoms with Gasteiger partial charge in [-0.15, -0.1) is 0 Å². The van der Waals surface area contributed by atoms with E-state index in [4.69, 9.17) is 24.4 Å². The first-order valence-electron chi connectivity index (χ1n) is 12.6. The molecule has 4 aromatic rings. The fourth-order valence-electron chi connectivity index (χ4n) is 5.07. The van der Waals surface area contributed by atoms with Gasteiger partial charge >= 0.3 is 6.03 Å². The molecule has 39 heavy (non-hydrogen) atoms. The van der Waals surface area contributed by atoms with Gasteiger partial charge in [-0.05, 0) is 47.9 Å². The average Bonchev–Trinajstić information content (AvgIpc) is 3.43. The number of urea groups is 1. The van der Waals surface area contributed by atoms with Gasteiger partial charge in [-0.2, -0.15) is 0 Å². The lowest BCUT2D eigenvalue weighted by Gasteiger charge is -2.28. The SMILES string of the molecule is COc1ccc(CN2C(=O)NC3(c4ccc(C)cc4)C2=NC=Nc2c3ncn2Cc2ccc(OC)cc2)cc1. The van der Waals surface area contributed by atoms with E-state index in [0.29, 0.717) is 30.4 Å². The van der Waals surface area contributed by atoms with Crippen molar-refractivity contribution in [1.82, 2.24) is 19.8 Å². The highest BCUT2D eigenvalue weighted by molar-refractivity contribution is 6.15. The van der Waals surface area contributed by atoms with Gasteiger partial charge in [0.05, 0.1) is 33.6 Å². The molecule has 1 N–H and O–H groups in total. The molecule has 196 valence electrons. The van der Waals surface area contributed by atoms with Crippen molar-refractivity contribution in [2.24, 2.45) is 9.98 Å². The molecule has 1 unspecified atom stereocenters. The van der Waals surface area contributed by atoms with Gasteiger partial charge in [0.1, 0.15) is 23.5 Å². The smallest absolute Gasteiger partial charge is 0.324 e. The molecule has 0 spiro atoms. The van der Waals surface area contributed by atoms with E-state index < -0.39 is 5.54 Å². The zero-order valence-electron chi connectivity index (χ0n) is 22.0. The Labute approximate surface area is 226 Å². The Morgan fingerprint density at radius 2 is 1.46 bits per heavy atom. The Hall–Kier alpha value is -4.92. The third kappa shape index (κ3) is 4.21. The van der Waals surface area contributed by atoms with E-state index in [-0.39, 0.29) is 6.03 Å². The predicted octanol–water partition coefficient (Wildman–Crippen LogP) is 4.80. The van der Waals surface area contributed by atoms with Gasteiger partial charge in [-0.25, -0.2) is 19.8 Å². The highest BCUT2D eigenvalue weighted by atomic mass is 16.5. The van der Waals surface area contributed by atoms with Crippen LogP contribution in [0.3, 0.4) is 0 Å². The van der Waals surface area contributed by atoms with Crippen LogP contribution >= 0.6 is 0 Å². The van der Waals surface area contributed by atoms with Crippen LogP contribution in [0.4, 0.5) is 10.6 Å². The molecule has 0 bridgehead atoms. The van der Waals surface area contributed by atoms with Gasteiger partial charge in [-0.1, -0.05) is 54.1 Å². The number of amidine groups is 1. The Balaban J connectivity index is 1.44. The number of imidazole rings is 1. The number of carbonyl (C=O) groups is 1. The number of ether oxygens (including phenoxy) is 2. The number of aliphatic imine (C=N–C) groups is 2. The largest absolute Gasteiger partial charge is 0.497 e. The summed E-state index contributed by atoms with van der Waals surface area (Å²) in [6, 6.07) is 23.4. The number of methoxy groups -OCH3 is 2. The molecule has 2 aliphatic rings. The highest BCUT2D eigenvalue weighted by Crippen LogP contribution is 2.42. The number of hydrogen-bond donors (Lipinski definition) is 1. The summed E-state index contributed by atoms with van der Waals surface area (Å²) >= 11 is 0. The Morgan fingerprint density at radius 1 is 0.846 bits per heavy atom. The molecule has 1 atom stereocenters. The van der Waals surface area contributed by atoms with Crippen molar-refractivity contribution in [3.63, 3.8) is 0 Å². The van der Waals surface area contributed by atoms with Gasteiger partial charge in [0, 0.05) is 0 Å². The average molecular weight is 521 g/mol. The van der Waals surface area contributed by atoms with Crippen molar-refractivity contribution in [1.29, 1.82) is 0 Å². The third-order valence-corrected chi connectivity index (χ3v) is 7.15. The fourth-order valence-corrected chi connectivity index (χ4v) is 5.07. The molecule has 3 heterocycles. The molecule has 9 heteroatoms. The summed E-state index contributed by atoms with van der Waals surface area (Å²) in [7, 11) is 3.28. The molecule has 0 aliphatic carbocycles. The van der Waals surface area contributed by atoms with Crippen molar-refractivity contribution < 1.29 is 14.3 Å². The second kappa shape index (κ2) is 9.75. The van der Waals surface area contributed by atoms with Crippen LogP contribution in [0.1, 0.15) is 27.9 Å². The maximum Gasteiger partial charge on any atom is 0.324 e. The number of nitrogens with one attached hydrogen (secondary N) is 1. The zero-order chi connectivity index (χ0) is 27.0. The molecule has 0 saturated carbocycles.